The predicted molar refractivity (Wildman–Crippen MR) is 276 cm³/mol. The lowest BCUT2D eigenvalue weighted by molar-refractivity contribution is -0.269. The van der Waals surface area contributed by atoms with Gasteiger partial charge >= 0.3 is 15.6 Å². The van der Waals surface area contributed by atoms with Gasteiger partial charge in [-0.15, -0.1) is 0 Å². The lowest BCUT2D eigenvalue weighted by atomic mass is 9.97. The molecule has 13 N–H and O–H groups in total. The van der Waals surface area contributed by atoms with Crippen LogP contribution in [0, 0.1) is 5.92 Å². The van der Waals surface area contributed by atoms with E-state index in [0.717, 1.165) is 24.2 Å². The maximum atomic E-state index is 13.4. The normalized spacial score (nSPS) is 27.4. The Kier molecular flexibility index (Phi) is 33.3. The second-order valence-corrected chi connectivity index (χ2v) is 22.2. The number of aliphatic hydroxyl groups excluding tert-OH is 7. The second kappa shape index (κ2) is 37.3. The summed E-state index contributed by atoms with van der Waals surface area (Å²) in [6.45, 7) is 1.12. The molecule has 2 saturated heterocycles. The number of hydrogen-bond acceptors (Lipinski definition) is 25. The molecule has 14 unspecified atom stereocenters. The summed E-state index contributed by atoms with van der Waals surface area (Å²) in [5.41, 5.74) is 0. The van der Waals surface area contributed by atoms with Crippen molar-refractivity contribution in [2.75, 3.05) is 132 Å². The Morgan fingerprint density at radius 3 is 1.32 bits per heavy atom. The van der Waals surface area contributed by atoms with Gasteiger partial charge in [0.1, 0.15) is 48.7 Å². The smallest absolute Gasteiger partial charge is 0.395 e. The van der Waals surface area contributed by atoms with E-state index in [1.54, 1.807) is 6.92 Å². The van der Waals surface area contributed by atoms with Crippen LogP contribution < -0.4 is 21.3 Å². The zero-order chi connectivity index (χ0) is 59.4. The Hall–Kier alpha value is -2.99. The van der Waals surface area contributed by atoms with Gasteiger partial charge in [-0.1, -0.05) is 13.8 Å². The van der Waals surface area contributed by atoms with E-state index in [9.17, 15) is 78.6 Å². The van der Waals surface area contributed by atoms with Crippen molar-refractivity contribution in [3.05, 3.63) is 0 Å². The summed E-state index contributed by atoms with van der Waals surface area (Å²) in [6.07, 6.45) is -7.61. The van der Waals surface area contributed by atoms with Crippen LogP contribution in [0.3, 0.4) is 0 Å². The molecule has 14 atom stereocenters. The van der Waals surface area contributed by atoms with Crippen molar-refractivity contribution in [3.63, 3.8) is 0 Å². The van der Waals surface area contributed by atoms with Crippen LogP contribution >= 0.6 is 15.6 Å². The predicted octanol–water partition coefficient (Wildman–Crippen LogP) is -5.16. The third-order valence-electron chi connectivity index (χ3n) is 12.9. The number of phosphoric acid groups is 2. The Balaban J connectivity index is 1.43. The van der Waals surface area contributed by atoms with Crippen LogP contribution in [-0.4, -0.2) is 289 Å². The molecule has 0 aromatic heterocycles. The summed E-state index contributed by atoms with van der Waals surface area (Å²) in [7, 11) is -9.54. The zero-order valence-corrected chi connectivity index (χ0v) is 47.7. The molecular formula is C46H87N7O25P2. The fraction of sp³-hybridized carbons (Fsp3) is 0.891. The van der Waals surface area contributed by atoms with Crippen LogP contribution in [-0.2, 0) is 74.9 Å². The van der Waals surface area contributed by atoms with E-state index in [0.29, 0.717) is 12.3 Å². The number of ether oxygens (including phenoxy) is 5. The molecule has 0 radical (unpaired) electrons. The van der Waals surface area contributed by atoms with Gasteiger partial charge in [-0.25, -0.2) is 9.13 Å². The number of phosphoric ester groups is 2. The summed E-state index contributed by atoms with van der Waals surface area (Å²) in [5.74, 6) is -1.96. The van der Waals surface area contributed by atoms with Gasteiger partial charge in [-0.05, 0) is 31.6 Å². The minimum absolute atomic E-state index is 0.0243. The van der Waals surface area contributed by atoms with Crippen molar-refractivity contribution in [2.45, 2.75) is 127 Å². The highest BCUT2D eigenvalue weighted by Crippen LogP contribution is 2.44. The molecule has 0 aromatic rings. The maximum Gasteiger partial charge on any atom is 0.472 e. The molecule has 0 spiro atoms. The lowest BCUT2D eigenvalue weighted by Crippen LogP contribution is -2.64. The molecule has 3 aliphatic rings. The molecule has 32 nitrogen and oxygen atoms in total. The van der Waals surface area contributed by atoms with Crippen LogP contribution in [0.15, 0.2) is 0 Å². The van der Waals surface area contributed by atoms with Crippen molar-refractivity contribution in [3.8, 4) is 0 Å². The quantitative estimate of drug-likeness (QED) is 0.0202. The van der Waals surface area contributed by atoms with E-state index in [4.69, 9.17) is 41.8 Å². The van der Waals surface area contributed by atoms with Crippen molar-refractivity contribution < 1.29 is 120 Å². The van der Waals surface area contributed by atoms with Crippen LogP contribution in [0.4, 0.5) is 0 Å². The molecular weight excluding hydrogens is 1110 g/mol. The number of aliphatic hydroxyl groups is 7. The highest BCUT2D eigenvalue weighted by atomic mass is 31.2. The Bertz CT molecular complexity index is 1960. The SMILES string of the molecule is CCCC(=O)N(CCOP(=O)(O)OCCN(CCO)C(=O)CNCCOC1OC(CO)C(O)C(O)C1NC(C)=O)CCOP(=O)(O)OCCN(CCOC1CCC(C)C1)C(=O)CNCCOC1OC(CO)C(O)C(O)C1NC(C)=O. The second-order valence-electron chi connectivity index (χ2n) is 19.3. The first-order valence-corrected chi connectivity index (χ1v) is 29.7. The Morgan fingerprint density at radius 2 is 0.963 bits per heavy atom. The van der Waals surface area contributed by atoms with E-state index in [1.807, 2.05) is 0 Å². The molecule has 466 valence electrons. The number of nitrogens with zero attached hydrogens (tertiary/aromatic N) is 3. The fourth-order valence-corrected chi connectivity index (χ4v) is 10.1. The highest BCUT2D eigenvalue weighted by molar-refractivity contribution is 7.47. The average molecular weight is 1200 g/mol. The number of amides is 5. The minimum Gasteiger partial charge on any atom is -0.395 e. The van der Waals surface area contributed by atoms with Gasteiger partial charge in [0, 0.05) is 72.6 Å². The Labute approximate surface area is 465 Å². The highest BCUT2D eigenvalue weighted by Gasteiger charge is 2.46. The van der Waals surface area contributed by atoms with E-state index in [2.05, 4.69) is 28.2 Å². The lowest BCUT2D eigenvalue weighted by Gasteiger charge is -2.42. The van der Waals surface area contributed by atoms with Gasteiger partial charge in [0.05, 0.1) is 85.3 Å². The molecule has 1 aliphatic carbocycles. The van der Waals surface area contributed by atoms with Crippen LogP contribution in [0.25, 0.3) is 0 Å². The first-order valence-electron chi connectivity index (χ1n) is 26.7. The van der Waals surface area contributed by atoms with E-state index < -0.39 is 153 Å². The van der Waals surface area contributed by atoms with Crippen LogP contribution in [0.1, 0.15) is 59.8 Å². The van der Waals surface area contributed by atoms with E-state index >= 15 is 0 Å². The molecule has 34 heteroatoms. The molecule has 0 bridgehead atoms. The summed E-state index contributed by atoms with van der Waals surface area (Å²) >= 11 is 0. The molecule has 2 aliphatic heterocycles. The van der Waals surface area contributed by atoms with Gasteiger partial charge in [0.25, 0.3) is 0 Å². The van der Waals surface area contributed by atoms with Gasteiger partial charge in [-0.2, -0.15) is 0 Å². The van der Waals surface area contributed by atoms with Crippen LogP contribution in [0.5, 0.6) is 0 Å². The van der Waals surface area contributed by atoms with Crippen LogP contribution in [0.2, 0.25) is 0 Å². The maximum absolute atomic E-state index is 13.4. The third-order valence-corrected chi connectivity index (χ3v) is 14.9. The van der Waals surface area contributed by atoms with Gasteiger partial charge in [0.15, 0.2) is 12.6 Å². The average Bonchev–Trinajstić information content (AvgIpc) is 3.82. The monoisotopic (exact) mass is 1200 g/mol. The summed E-state index contributed by atoms with van der Waals surface area (Å²) < 4.78 is 74.4. The molecule has 3 fully saturated rings. The van der Waals surface area contributed by atoms with Gasteiger partial charge < -0.3 is 105 Å². The van der Waals surface area contributed by atoms with E-state index in [-0.39, 0.29) is 97.8 Å². The van der Waals surface area contributed by atoms with Gasteiger partial charge in [0.2, 0.25) is 29.5 Å². The number of rotatable bonds is 40. The molecule has 0 aromatic carbocycles. The number of carbonyl (C=O) groups excluding carboxylic acids is 5. The molecule has 3 rings (SSSR count). The van der Waals surface area contributed by atoms with Crippen molar-refractivity contribution in [2.24, 2.45) is 5.92 Å². The zero-order valence-electron chi connectivity index (χ0n) is 45.9. The Morgan fingerprint density at radius 1 is 0.562 bits per heavy atom. The summed E-state index contributed by atoms with van der Waals surface area (Å²) in [5, 5.41) is 80.6. The third kappa shape index (κ3) is 25.9. The minimum atomic E-state index is -4.77. The molecule has 2 heterocycles. The first kappa shape index (κ1) is 71.3. The number of carbonyl (C=O) groups is 5. The van der Waals surface area contributed by atoms with E-state index in [1.165, 1.54) is 23.6 Å². The number of hydrogen-bond donors (Lipinski definition) is 13. The van der Waals surface area contributed by atoms with Crippen molar-refractivity contribution in [1.82, 2.24) is 36.0 Å². The first-order chi connectivity index (χ1) is 38.0. The fourth-order valence-electron chi connectivity index (χ4n) is 8.69. The largest absolute Gasteiger partial charge is 0.472 e. The van der Waals surface area contributed by atoms with Gasteiger partial charge in [-0.3, -0.25) is 42.1 Å². The topological polar surface area (TPSA) is 442 Å². The summed E-state index contributed by atoms with van der Waals surface area (Å²) in [4.78, 5) is 87.2. The standard InChI is InChI=1S/C46H87N7O25P2/c1-5-6-36(59)52(14-22-74-79(66,67)73-21-13-51(11-17-54)37(60)26-47-9-18-71-45-39(49-31(3)57)43(64)41(62)34(28-55)77-45)15-23-75-80(68,69)76-24-16-53(12-20-70-33-8-7-30(2)25-33)38(61)27-48-10-19-72-46-40(50-32(4)58)44(65)42(63)35(29-56)78-46/h30,33-35,39-48,54-56,62-65H,5-29H2,1-4H3,(H,49,57)(H,50,58)(H,66,67)(H,68,69). The number of nitrogens with one attached hydrogen (secondary N) is 4. The summed E-state index contributed by atoms with van der Waals surface area (Å²) in [6, 6.07) is -2.31. The van der Waals surface area contributed by atoms with Crippen molar-refractivity contribution in [1.29, 1.82) is 0 Å². The van der Waals surface area contributed by atoms with Crippen molar-refractivity contribution >= 4 is 45.2 Å². The molecule has 1 saturated carbocycles. The molecule has 80 heavy (non-hydrogen) atoms. The molecule has 5 amide bonds.